The molecule has 1 aromatic heterocycles. The first-order chi connectivity index (χ1) is 13.1. The van der Waals surface area contributed by atoms with Gasteiger partial charge in [-0.2, -0.15) is 0 Å². The fourth-order valence-corrected chi connectivity index (χ4v) is 2.82. The summed E-state index contributed by atoms with van der Waals surface area (Å²) < 4.78 is 11.4. The highest BCUT2D eigenvalue weighted by Crippen LogP contribution is 2.30. The number of hydrogen-bond donors (Lipinski definition) is 1. The first kappa shape index (κ1) is 18.7. The highest BCUT2D eigenvalue weighted by atomic mass is 16.5. The highest BCUT2D eigenvalue weighted by Gasteiger charge is 2.17. The number of rotatable bonds is 7. The molecule has 5 heteroatoms. The Morgan fingerprint density at radius 2 is 1.89 bits per heavy atom. The molecule has 0 aliphatic heterocycles. The van der Waals surface area contributed by atoms with Crippen LogP contribution in [0.5, 0.6) is 11.5 Å². The molecule has 0 bridgehead atoms. The van der Waals surface area contributed by atoms with Gasteiger partial charge in [-0.05, 0) is 62.2 Å². The van der Waals surface area contributed by atoms with Gasteiger partial charge >= 0.3 is 0 Å². The van der Waals surface area contributed by atoms with E-state index in [1.165, 1.54) is 5.56 Å². The summed E-state index contributed by atoms with van der Waals surface area (Å²) in [5.74, 6) is 1.16. The Morgan fingerprint density at radius 1 is 1.11 bits per heavy atom. The topological polar surface area (TPSA) is 60.5 Å². The molecule has 0 aliphatic carbocycles. The van der Waals surface area contributed by atoms with Gasteiger partial charge in [0.2, 0.25) is 0 Å². The van der Waals surface area contributed by atoms with Gasteiger partial charge in [-0.25, -0.2) is 0 Å². The van der Waals surface area contributed by atoms with Crippen molar-refractivity contribution in [3.63, 3.8) is 0 Å². The number of hydrogen-bond acceptors (Lipinski definition) is 4. The maximum Gasteiger partial charge on any atom is 0.265 e. The molecule has 3 aromatic rings. The SMILES string of the molecule is CCOc1ccc(NC(=O)[C@@H](C)Oc2ccc(CC)cc2)c2cccnc12. The normalized spacial score (nSPS) is 11.8. The summed E-state index contributed by atoms with van der Waals surface area (Å²) in [5, 5.41) is 3.77. The van der Waals surface area contributed by atoms with Crippen LogP contribution in [-0.4, -0.2) is 23.6 Å². The Balaban J connectivity index is 1.75. The number of nitrogens with zero attached hydrogens (tertiary/aromatic N) is 1. The summed E-state index contributed by atoms with van der Waals surface area (Å²) in [4.78, 5) is 17.0. The van der Waals surface area contributed by atoms with Crippen molar-refractivity contribution in [2.75, 3.05) is 11.9 Å². The second-order valence-corrected chi connectivity index (χ2v) is 6.19. The van der Waals surface area contributed by atoms with E-state index in [-0.39, 0.29) is 5.91 Å². The molecular formula is C22H24N2O3. The number of fused-ring (bicyclic) bond motifs is 1. The lowest BCUT2D eigenvalue weighted by Gasteiger charge is -2.16. The van der Waals surface area contributed by atoms with Crippen LogP contribution in [0, 0.1) is 0 Å². The van der Waals surface area contributed by atoms with Gasteiger partial charge in [-0.15, -0.1) is 0 Å². The van der Waals surface area contributed by atoms with E-state index in [0.29, 0.717) is 23.8 Å². The number of amides is 1. The Labute approximate surface area is 159 Å². The number of benzene rings is 2. The fourth-order valence-electron chi connectivity index (χ4n) is 2.82. The van der Waals surface area contributed by atoms with Gasteiger partial charge in [-0.3, -0.25) is 9.78 Å². The van der Waals surface area contributed by atoms with Crippen LogP contribution in [-0.2, 0) is 11.2 Å². The number of nitrogens with one attached hydrogen (secondary N) is 1. The molecule has 5 nitrogen and oxygen atoms in total. The summed E-state index contributed by atoms with van der Waals surface area (Å²) >= 11 is 0. The number of pyridine rings is 1. The van der Waals surface area contributed by atoms with Crippen LogP contribution >= 0.6 is 0 Å². The van der Waals surface area contributed by atoms with Crippen molar-refractivity contribution in [1.29, 1.82) is 0 Å². The van der Waals surface area contributed by atoms with Gasteiger partial charge in [0.15, 0.2) is 6.10 Å². The van der Waals surface area contributed by atoms with Gasteiger partial charge in [0, 0.05) is 11.6 Å². The summed E-state index contributed by atoms with van der Waals surface area (Å²) in [7, 11) is 0. The van der Waals surface area contributed by atoms with Crippen LogP contribution in [0.1, 0.15) is 26.3 Å². The van der Waals surface area contributed by atoms with Crippen LogP contribution in [0.15, 0.2) is 54.7 Å². The van der Waals surface area contributed by atoms with E-state index in [9.17, 15) is 4.79 Å². The van der Waals surface area contributed by atoms with Crippen molar-refractivity contribution in [1.82, 2.24) is 4.98 Å². The summed E-state index contributed by atoms with van der Waals surface area (Å²) in [6, 6.07) is 15.2. The van der Waals surface area contributed by atoms with Crippen LogP contribution in [0.4, 0.5) is 5.69 Å². The highest BCUT2D eigenvalue weighted by molar-refractivity contribution is 6.04. The molecule has 0 spiro atoms. The van der Waals surface area contributed by atoms with Crippen molar-refractivity contribution in [3.05, 3.63) is 60.3 Å². The molecule has 1 amide bonds. The second kappa shape index (κ2) is 8.54. The molecule has 1 N–H and O–H groups in total. The molecule has 0 saturated heterocycles. The van der Waals surface area contributed by atoms with Gasteiger partial charge in [0.05, 0.1) is 12.3 Å². The van der Waals surface area contributed by atoms with Gasteiger partial charge in [-0.1, -0.05) is 19.1 Å². The molecule has 0 aliphatic rings. The lowest BCUT2D eigenvalue weighted by molar-refractivity contribution is -0.122. The summed E-state index contributed by atoms with van der Waals surface area (Å²) in [6.07, 6.45) is 2.05. The Kier molecular flexibility index (Phi) is 5.91. The van der Waals surface area contributed by atoms with Crippen molar-refractivity contribution in [2.24, 2.45) is 0 Å². The lowest BCUT2D eigenvalue weighted by Crippen LogP contribution is -2.30. The molecule has 0 saturated carbocycles. The smallest absolute Gasteiger partial charge is 0.265 e. The number of ether oxygens (including phenoxy) is 2. The first-order valence-electron chi connectivity index (χ1n) is 9.19. The number of carbonyl (C=O) groups is 1. The van der Waals surface area contributed by atoms with E-state index in [4.69, 9.17) is 9.47 Å². The zero-order valence-electron chi connectivity index (χ0n) is 15.9. The molecule has 0 unspecified atom stereocenters. The Bertz CT molecular complexity index is 922. The molecule has 2 aromatic carbocycles. The third-order valence-corrected chi connectivity index (χ3v) is 4.30. The number of aromatic nitrogens is 1. The number of carbonyl (C=O) groups excluding carboxylic acids is 1. The summed E-state index contributed by atoms with van der Waals surface area (Å²) in [6.45, 7) is 6.32. The minimum Gasteiger partial charge on any atom is -0.492 e. The van der Waals surface area contributed by atoms with E-state index >= 15 is 0 Å². The van der Waals surface area contributed by atoms with Crippen LogP contribution in [0.2, 0.25) is 0 Å². The predicted molar refractivity (Wildman–Crippen MR) is 107 cm³/mol. The maximum atomic E-state index is 12.6. The quantitative estimate of drug-likeness (QED) is 0.665. The van der Waals surface area contributed by atoms with E-state index in [1.54, 1.807) is 13.1 Å². The van der Waals surface area contributed by atoms with Crippen LogP contribution in [0.3, 0.4) is 0 Å². The monoisotopic (exact) mass is 364 g/mol. The van der Waals surface area contributed by atoms with E-state index in [2.05, 4.69) is 17.2 Å². The largest absolute Gasteiger partial charge is 0.492 e. The van der Waals surface area contributed by atoms with Crippen molar-refractivity contribution in [2.45, 2.75) is 33.3 Å². The third kappa shape index (κ3) is 4.37. The fraction of sp³-hybridized carbons (Fsp3) is 0.273. The number of anilines is 1. The van der Waals surface area contributed by atoms with E-state index < -0.39 is 6.10 Å². The van der Waals surface area contributed by atoms with Crippen LogP contribution < -0.4 is 14.8 Å². The van der Waals surface area contributed by atoms with Crippen LogP contribution in [0.25, 0.3) is 10.9 Å². The van der Waals surface area contributed by atoms with Crippen molar-refractivity contribution >= 4 is 22.5 Å². The zero-order chi connectivity index (χ0) is 19.2. The van der Waals surface area contributed by atoms with Crippen molar-refractivity contribution in [3.8, 4) is 11.5 Å². The molecule has 3 rings (SSSR count). The minimum atomic E-state index is -0.629. The molecule has 0 radical (unpaired) electrons. The third-order valence-electron chi connectivity index (χ3n) is 4.30. The first-order valence-corrected chi connectivity index (χ1v) is 9.19. The van der Waals surface area contributed by atoms with E-state index in [0.717, 1.165) is 17.3 Å². The van der Waals surface area contributed by atoms with Gasteiger partial charge < -0.3 is 14.8 Å². The zero-order valence-corrected chi connectivity index (χ0v) is 15.9. The lowest BCUT2D eigenvalue weighted by atomic mass is 10.1. The van der Waals surface area contributed by atoms with Gasteiger partial charge in [0.25, 0.3) is 5.91 Å². The predicted octanol–water partition coefficient (Wildman–Crippen LogP) is 4.60. The molecule has 140 valence electrons. The summed E-state index contributed by atoms with van der Waals surface area (Å²) in [5.41, 5.74) is 2.64. The second-order valence-electron chi connectivity index (χ2n) is 6.19. The Morgan fingerprint density at radius 3 is 2.59 bits per heavy atom. The van der Waals surface area contributed by atoms with E-state index in [1.807, 2.05) is 55.5 Å². The van der Waals surface area contributed by atoms with Gasteiger partial charge in [0.1, 0.15) is 17.0 Å². The standard InChI is InChI=1S/C22H24N2O3/c1-4-16-8-10-17(11-9-16)27-15(3)22(25)24-19-12-13-20(26-5-2)21-18(19)7-6-14-23-21/h6-15H,4-5H2,1-3H3,(H,24,25)/t15-/m1/s1. The molecule has 0 fully saturated rings. The maximum absolute atomic E-state index is 12.6. The average Bonchev–Trinajstić information content (AvgIpc) is 2.70. The molecule has 1 atom stereocenters. The Hall–Kier alpha value is -3.08. The van der Waals surface area contributed by atoms with Crippen molar-refractivity contribution < 1.29 is 14.3 Å². The average molecular weight is 364 g/mol. The molecule has 1 heterocycles. The molecular weight excluding hydrogens is 340 g/mol. The minimum absolute atomic E-state index is 0.219. The number of aryl methyl sites for hydroxylation is 1. The molecule has 27 heavy (non-hydrogen) atoms.